The van der Waals surface area contributed by atoms with Gasteiger partial charge in [0.1, 0.15) is 17.9 Å². The van der Waals surface area contributed by atoms with E-state index in [9.17, 15) is 18.8 Å². The van der Waals surface area contributed by atoms with Crippen LogP contribution in [-0.2, 0) is 21.7 Å². The number of unbranched alkanes of at least 4 members (excludes halogenated alkanes) is 1. The van der Waals surface area contributed by atoms with Crippen LogP contribution in [-0.4, -0.2) is 41.2 Å². The topological polar surface area (TPSA) is 69.7 Å². The number of benzene rings is 1. The maximum Gasteiger partial charge on any atom is 0.325 e. The number of rotatable bonds is 8. The first kappa shape index (κ1) is 22.2. The lowest BCUT2D eigenvalue weighted by Crippen LogP contribution is -2.45. The first-order valence-electron chi connectivity index (χ1n) is 9.65. The molecule has 2 aromatic rings. The maximum atomic E-state index is 13.4. The number of carbonyl (C=O) groups excluding carboxylic acids is 3. The zero-order valence-electron chi connectivity index (χ0n) is 16.8. The van der Waals surface area contributed by atoms with Gasteiger partial charge in [-0.25, -0.2) is 9.18 Å². The van der Waals surface area contributed by atoms with Gasteiger partial charge in [0.15, 0.2) is 0 Å². The quantitative estimate of drug-likeness (QED) is 0.613. The molecular weight excluding hydrogens is 429 g/mol. The average molecular weight is 452 g/mol. The molecule has 0 aliphatic carbocycles. The minimum Gasteiger partial charge on any atom is -0.339 e. The number of carbonyl (C=O) groups is 3. The Bertz CT molecular complexity index is 949. The summed E-state index contributed by atoms with van der Waals surface area (Å²) in [5.74, 6) is -1.29. The van der Waals surface area contributed by atoms with Crippen LogP contribution >= 0.6 is 22.9 Å². The van der Waals surface area contributed by atoms with E-state index in [1.54, 1.807) is 13.1 Å². The van der Waals surface area contributed by atoms with E-state index >= 15 is 0 Å². The second-order valence-electron chi connectivity index (χ2n) is 7.29. The number of imide groups is 1. The summed E-state index contributed by atoms with van der Waals surface area (Å²) in [7, 11) is 1.61. The summed E-state index contributed by atoms with van der Waals surface area (Å²) in [5.41, 5.74) is -0.784. The normalized spacial score (nSPS) is 18.6. The van der Waals surface area contributed by atoms with Gasteiger partial charge in [0.25, 0.3) is 5.91 Å². The molecule has 0 radical (unpaired) electrons. The van der Waals surface area contributed by atoms with Crippen LogP contribution in [0.1, 0.15) is 36.6 Å². The number of hydrogen-bond acceptors (Lipinski definition) is 4. The molecule has 1 N–H and O–H groups in total. The molecular formula is C21H23ClFN3O3S. The van der Waals surface area contributed by atoms with Crippen molar-refractivity contribution in [1.82, 2.24) is 15.1 Å². The number of halogens is 2. The van der Waals surface area contributed by atoms with E-state index in [4.69, 9.17) is 11.6 Å². The molecule has 1 atom stereocenters. The molecule has 6 nitrogen and oxygen atoms in total. The summed E-state index contributed by atoms with van der Waals surface area (Å²) in [5, 5.41) is 2.76. The zero-order valence-corrected chi connectivity index (χ0v) is 18.4. The summed E-state index contributed by atoms with van der Waals surface area (Å²) in [4.78, 5) is 41.9. The third-order valence-electron chi connectivity index (χ3n) is 5.16. The van der Waals surface area contributed by atoms with Crippen molar-refractivity contribution in [3.63, 3.8) is 0 Å². The molecule has 1 aliphatic rings. The van der Waals surface area contributed by atoms with Gasteiger partial charge in [-0.1, -0.05) is 43.5 Å². The molecule has 1 saturated heterocycles. The fourth-order valence-electron chi connectivity index (χ4n) is 3.47. The molecule has 0 spiro atoms. The molecule has 0 unspecified atom stereocenters. The zero-order chi connectivity index (χ0) is 21.9. The number of likely N-dealkylation sites (N-methyl/N-ethyl adjacent to an activating group) is 1. The fourth-order valence-corrected chi connectivity index (χ4v) is 4.61. The third kappa shape index (κ3) is 4.49. The summed E-state index contributed by atoms with van der Waals surface area (Å²) in [6.45, 7) is 1.95. The predicted octanol–water partition coefficient (Wildman–Crippen LogP) is 4.14. The van der Waals surface area contributed by atoms with Crippen LogP contribution in [0.15, 0.2) is 36.4 Å². The largest absolute Gasteiger partial charge is 0.339 e. The monoisotopic (exact) mass is 451 g/mol. The van der Waals surface area contributed by atoms with Crippen molar-refractivity contribution in [3.8, 4) is 0 Å². The van der Waals surface area contributed by atoms with Crippen molar-refractivity contribution in [2.45, 2.75) is 38.3 Å². The lowest BCUT2D eigenvalue weighted by molar-refractivity contribution is -0.139. The van der Waals surface area contributed by atoms with Crippen molar-refractivity contribution in [3.05, 3.63) is 57.0 Å². The number of amides is 4. The molecule has 3 rings (SSSR count). The highest BCUT2D eigenvalue weighted by molar-refractivity contribution is 7.16. The SMILES string of the molecule is CCCC[C@]1(c2ccc(F)cc2)NC(=O)N(CC(=O)N(C)Cc2ccc(Cl)s2)C1=O. The smallest absolute Gasteiger partial charge is 0.325 e. The van der Waals surface area contributed by atoms with Crippen LogP contribution in [0.5, 0.6) is 0 Å². The van der Waals surface area contributed by atoms with Crippen molar-refractivity contribution in [1.29, 1.82) is 0 Å². The Morgan fingerprint density at radius 3 is 2.53 bits per heavy atom. The molecule has 2 heterocycles. The Morgan fingerprint density at radius 1 is 1.23 bits per heavy atom. The van der Waals surface area contributed by atoms with Crippen LogP contribution in [0.4, 0.5) is 9.18 Å². The number of hydrogen-bond donors (Lipinski definition) is 1. The number of nitrogens with one attached hydrogen (secondary N) is 1. The fraction of sp³-hybridized carbons (Fsp3) is 0.381. The third-order valence-corrected chi connectivity index (χ3v) is 6.37. The first-order valence-corrected chi connectivity index (χ1v) is 10.8. The molecule has 9 heteroatoms. The number of thiophene rings is 1. The van der Waals surface area contributed by atoms with E-state index in [0.29, 0.717) is 29.3 Å². The van der Waals surface area contributed by atoms with Gasteiger partial charge in [-0.2, -0.15) is 0 Å². The van der Waals surface area contributed by atoms with Crippen molar-refractivity contribution >= 4 is 40.8 Å². The van der Waals surface area contributed by atoms with Gasteiger partial charge in [-0.15, -0.1) is 11.3 Å². The van der Waals surface area contributed by atoms with E-state index < -0.39 is 23.3 Å². The van der Waals surface area contributed by atoms with Gasteiger partial charge in [0.05, 0.1) is 10.9 Å². The van der Waals surface area contributed by atoms with Gasteiger partial charge in [0, 0.05) is 11.9 Å². The maximum absolute atomic E-state index is 13.4. The summed E-state index contributed by atoms with van der Waals surface area (Å²) in [6.07, 6.45) is 1.87. The molecule has 1 fully saturated rings. The standard InChI is InChI=1S/C21H23ClFN3O3S/c1-3-4-11-21(14-5-7-15(23)8-6-14)19(28)26(20(29)24-21)13-18(27)25(2)12-16-9-10-17(22)30-16/h5-10H,3-4,11-13H2,1-2H3,(H,24,29)/t21-/m1/s1. The van der Waals surface area contributed by atoms with E-state index in [1.165, 1.54) is 40.5 Å². The minimum absolute atomic E-state index is 0.332. The Kier molecular flexibility index (Phi) is 6.77. The Balaban J connectivity index is 1.78. The molecule has 1 aromatic heterocycles. The molecule has 1 aromatic carbocycles. The van der Waals surface area contributed by atoms with Gasteiger partial charge in [-0.05, 0) is 36.2 Å². The molecule has 1 aliphatic heterocycles. The van der Waals surface area contributed by atoms with Crippen LogP contribution < -0.4 is 5.32 Å². The molecule has 160 valence electrons. The van der Waals surface area contributed by atoms with E-state index in [2.05, 4.69) is 5.32 Å². The Hall–Kier alpha value is -2.45. The number of urea groups is 1. The van der Waals surface area contributed by atoms with Gasteiger partial charge in [-0.3, -0.25) is 14.5 Å². The van der Waals surface area contributed by atoms with Crippen molar-refractivity contribution in [2.75, 3.05) is 13.6 Å². The summed E-state index contributed by atoms with van der Waals surface area (Å²) >= 11 is 7.29. The summed E-state index contributed by atoms with van der Waals surface area (Å²) in [6, 6.07) is 8.48. The van der Waals surface area contributed by atoms with Crippen LogP contribution in [0.25, 0.3) is 0 Å². The lowest BCUT2D eigenvalue weighted by atomic mass is 9.85. The van der Waals surface area contributed by atoms with E-state index in [1.807, 2.05) is 13.0 Å². The average Bonchev–Trinajstić information content (AvgIpc) is 3.23. The molecule has 4 amide bonds. The first-order chi connectivity index (χ1) is 14.3. The Labute approximate surface area is 183 Å². The minimum atomic E-state index is -1.29. The highest BCUT2D eigenvalue weighted by atomic mass is 35.5. The van der Waals surface area contributed by atoms with Gasteiger partial charge in [0.2, 0.25) is 5.91 Å². The molecule has 30 heavy (non-hydrogen) atoms. The predicted molar refractivity (Wildman–Crippen MR) is 114 cm³/mol. The highest BCUT2D eigenvalue weighted by Gasteiger charge is 2.52. The van der Waals surface area contributed by atoms with Crippen LogP contribution in [0, 0.1) is 5.82 Å². The van der Waals surface area contributed by atoms with E-state index in [0.717, 1.165) is 16.2 Å². The van der Waals surface area contributed by atoms with Crippen LogP contribution in [0.3, 0.4) is 0 Å². The van der Waals surface area contributed by atoms with Gasteiger partial charge < -0.3 is 10.2 Å². The second-order valence-corrected chi connectivity index (χ2v) is 9.09. The van der Waals surface area contributed by atoms with Crippen molar-refractivity contribution < 1.29 is 18.8 Å². The second kappa shape index (κ2) is 9.14. The number of nitrogens with zero attached hydrogens (tertiary/aromatic N) is 2. The Morgan fingerprint density at radius 2 is 1.93 bits per heavy atom. The van der Waals surface area contributed by atoms with Gasteiger partial charge >= 0.3 is 6.03 Å². The highest BCUT2D eigenvalue weighted by Crippen LogP contribution is 2.34. The summed E-state index contributed by atoms with van der Waals surface area (Å²) < 4.78 is 14.0. The van der Waals surface area contributed by atoms with Crippen molar-refractivity contribution in [2.24, 2.45) is 0 Å². The lowest BCUT2D eigenvalue weighted by Gasteiger charge is -2.27. The molecule has 0 bridgehead atoms. The van der Waals surface area contributed by atoms with E-state index in [-0.39, 0.29) is 12.5 Å². The van der Waals surface area contributed by atoms with Crippen LogP contribution in [0.2, 0.25) is 4.34 Å². The molecule has 0 saturated carbocycles.